The van der Waals surface area contributed by atoms with Crippen LogP contribution < -0.4 is 19.6 Å². The summed E-state index contributed by atoms with van der Waals surface area (Å²) in [5.41, 5.74) is 4.35. The summed E-state index contributed by atoms with van der Waals surface area (Å²) in [6.45, 7) is 3.74. The zero-order valence-electron chi connectivity index (χ0n) is 15.4. The molecule has 1 aromatic heterocycles. The summed E-state index contributed by atoms with van der Waals surface area (Å²) in [5.74, 6) is 1.33. The highest BCUT2D eigenvalue weighted by atomic mass is 16.5. The largest absolute Gasteiger partial charge is 0.493 e. The lowest BCUT2D eigenvalue weighted by Gasteiger charge is -2.12. The number of nitrogens with one attached hydrogen (secondary N) is 2. The molecule has 0 saturated heterocycles. The number of aromatic nitrogens is 2. The van der Waals surface area contributed by atoms with Gasteiger partial charge in [0.05, 0.1) is 34.2 Å². The maximum absolute atomic E-state index is 12.0. The molecule has 2 N–H and O–H groups in total. The first kappa shape index (κ1) is 19.1. The van der Waals surface area contributed by atoms with Gasteiger partial charge in [0, 0.05) is 11.3 Å². The van der Waals surface area contributed by atoms with Crippen molar-refractivity contribution in [2.45, 2.75) is 13.8 Å². The average Bonchev–Trinajstić information content (AvgIpc) is 3.01. The first-order valence-corrected chi connectivity index (χ1v) is 7.86. The molecule has 0 radical (unpaired) electrons. The quantitative estimate of drug-likeness (QED) is 0.422. The second kappa shape index (κ2) is 8.75. The summed E-state index contributed by atoms with van der Waals surface area (Å²) in [6.07, 6.45) is 1.55. The van der Waals surface area contributed by atoms with Gasteiger partial charge in [-0.2, -0.15) is 10.2 Å². The van der Waals surface area contributed by atoms with E-state index in [9.17, 15) is 4.79 Å². The van der Waals surface area contributed by atoms with Gasteiger partial charge in [-0.1, -0.05) is 0 Å². The molecule has 0 atom stereocenters. The number of esters is 1. The van der Waals surface area contributed by atoms with E-state index >= 15 is 0 Å². The Kier molecular flexibility index (Phi) is 6.42. The van der Waals surface area contributed by atoms with Crippen LogP contribution in [0.2, 0.25) is 0 Å². The topological polar surface area (TPSA) is 107 Å². The number of aromatic amines is 1. The van der Waals surface area contributed by atoms with Gasteiger partial charge >= 0.3 is 5.97 Å². The molecule has 0 aliphatic heterocycles. The molecule has 0 fully saturated rings. The molecule has 0 aliphatic rings. The molecular formula is C17H22N4O5. The Hall–Kier alpha value is -3.23. The first-order chi connectivity index (χ1) is 12.5. The van der Waals surface area contributed by atoms with Crippen molar-refractivity contribution in [2.24, 2.45) is 5.10 Å². The Labute approximate surface area is 151 Å². The van der Waals surface area contributed by atoms with Crippen LogP contribution in [0, 0.1) is 6.92 Å². The number of carbonyl (C=O) groups is 1. The summed E-state index contributed by atoms with van der Waals surface area (Å²) in [5, 5.41) is 10.9. The fourth-order valence-corrected chi connectivity index (χ4v) is 2.31. The van der Waals surface area contributed by atoms with Crippen molar-refractivity contribution >= 4 is 18.0 Å². The van der Waals surface area contributed by atoms with Crippen molar-refractivity contribution < 1.29 is 23.7 Å². The van der Waals surface area contributed by atoms with Crippen molar-refractivity contribution in [3.63, 3.8) is 0 Å². The Morgan fingerprint density at radius 1 is 1.23 bits per heavy atom. The number of hydrazone groups is 1. The zero-order chi connectivity index (χ0) is 19.1. The normalized spacial score (nSPS) is 10.7. The molecule has 26 heavy (non-hydrogen) atoms. The minimum absolute atomic E-state index is 0.275. The smallest absolute Gasteiger partial charge is 0.343 e. The maximum Gasteiger partial charge on any atom is 0.343 e. The highest BCUT2D eigenvalue weighted by Gasteiger charge is 2.19. The van der Waals surface area contributed by atoms with Gasteiger partial charge in [-0.3, -0.25) is 10.5 Å². The van der Waals surface area contributed by atoms with E-state index in [1.54, 1.807) is 32.2 Å². The van der Waals surface area contributed by atoms with E-state index in [0.29, 0.717) is 34.1 Å². The number of hydrogen-bond acceptors (Lipinski definition) is 8. The zero-order valence-corrected chi connectivity index (χ0v) is 15.4. The predicted molar refractivity (Wildman–Crippen MR) is 96.6 cm³/mol. The molecule has 9 heteroatoms. The predicted octanol–water partition coefficient (Wildman–Crippen LogP) is 2.37. The minimum Gasteiger partial charge on any atom is -0.493 e. The highest BCUT2D eigenvalue weighted by Crippen LogP contribution is 2.37. The fraction of sp³-hybridized carbons (Fsp3) is 0.353. The van der Waals surface area contributed by atoms with E-state index in [0.717, 1.165) is 0 Å². The maximum atomic E-state index is 12.0. The number of H-pyrrole nitrogens is 1. The monoisotopic (exact) mass is 362 g/mol. The van der Waals surface area contributed by atoms with Gasteiger partial charge in [-0.15, -0.1) is 0 Å². The van der Waals surface area contributed by atoms with E-state index in [-0.39, 0.29) is 12.4 Å². The van der Waals surface area contributed by atoms with Crippen LogP contribution in [0.1, 0.15) is 28.5 Å². The van der Waals surface area contributed by atoms with Crippen LogP contribution in [-0.2, 0) is 4.74 Å². The molecule has 2 rings (SSSR count). The van der Waals surface area contributed by atoms with Crippen LogP contribution in [0.15, 0.2) is 17.2 Å². The van der Waals surface area contributed by atoms with Gasteiger partial charge in [-0.05, 0) is 26.0 Å². The van der Waals surface area contributed by atoms with Gasteiger partial charge in [0.25, 0.3) is 0 Å². The number of carbonyl (C=O) groups excluding carboxylic acids is 1. The van der Waals surface area contributed by atoms with Crippen LogP contribution in [-0.4, -0.2) is 50.3 Å². The third-order valence-electron chi connectivity index (χ3n) is 3.50. The number of rotatable bonds is 8. The van der Waals surface area contributed by atoms with Gasteiger partial charge in [-0.25, -0.2) is 4.79 Å². The van der Waals surface area contributed by atoms with Crippen LogP contribution in [0.25, 0.3) is 0 Å². The molecule has 1 aromatic carbocycles. The number of ether oxygens (including phenoxy) is 4. The molecule has 140 valence electrons. The Morgan fingerprint density at radius 3 is 2.42 bits per heavy atom. The fourth-order valence-electron chi connectivity index (χ4n) is 2.31. The molecule has 0 saturated carbocycles. The number of benzene rings is 1. The Balaban J connectivity index is 2.23. The molecule has 0 bridgehead atoms. The van der Waals surface area contributed by atoms with Crippen molar-refractivity contribution in [1.82, 2.24) is 10.2 Å². The van der Waals surface area contributed by atoms with Gasteiger partial charge in [0.15, 0.2) is 17.3 Å². The molecular weight excluding hydrogens is 340 g/mol. The molecule has 0 spiro atoms. The SMILES string of the molecule is CCOC(=O)c1c(N/N=C/c2cc(OC)c(OC)c(OC)c2)n[nH]c1C. The van der Waals surface area contributed by atoms with Crippen LogP contribution >= 0.6 is 0 Å². The highest BCUT2D eigenvalue weighted by molar-refractivity contribution is 5.96. The number of nitrogens with zero attached hydrogens (tertiary/aromatic N) is 2. The van der Waals surface area contributed by atoms with Crippen molar-refractivity contribution in [2.75, 3.05) is 33.4 Å². The van der Waals surface area contributed by atoms with E-state index < -0.39 is 5.97 Å². The van der Waals surface area contributed by atoms with Crippen LogP contribution in [0.3, 0.4) is 0 Å². The van der Waals surface area contributed by atoms with E-state index in [1.807, 2.05) is 0 Å². The molecule has 1 heterocycles. The van der Waals surface area contributed by atoms with Gasteiger partial charge in [0.2, 0.25) is 5.75 Å². The van der Waals surface area contributed by atoms with E-state index in [2.05, 4.69) is 20.7 Å². The third-order valence-corrected chi connectivity index (χ3v) is 3.50. The summed E-state index contributed by atoms with van der Waals surface area (Å²) >= 11 is 0. The summed E-state index contributed by atoms with van der Waals surface area (Å²) < 4.78 is 20.9. The number of aryl methyl sites for hydroxylation is 1. The first-order valence-electron chi connectivity index (χ1n) is 7.86. The lowest BCUT2D eigenvalue weighted by atomic mass is 10.2. The standard InChI is InChI=1S/C17H22N4O5/c1-6-26-17(22)14-10(2)19-21-16(14)20-18-9-11-7-12(23-3)15(25-5)13(8-11)24-4/h7-9H,6H2,1-5H3,(H2,19,20,21)/b18-9+. The lowest BCUT2D eigenvalue weighted by molar-refractivity contribution is 0.0526. The van der Waals surface area contributed by atoms with E-state index in [1.165, 1.54) is 21.3 Å². The van der Waals surface area contributed by atoms with E-state index in [4.69, 9.17) is 18.9 Å². The average molecular weight is 362 g/mol. The molecule has 0 unspecified atom stereocenters. The third kappa shape index (κ3) is 4.05. The van der Waals surface area contributed by atoms with Crippen LogP contribution in [0.4, 0.5) is 5.82 Å². The van der Waals surface area contributed by atoms with Crippen LogP contribution in [0.5, 0.6) is 17.2 Å². The van der Waals surface area contributed by atoms with Gasteiger partial charge < -0.3 is 18.9 Å². The second-order valence-electron chi connectivity index (χ2n) is 5.12. The molecule has 0 amide bonds. The summed E-state index contributed by atoms with van der Waals surface area (Å²) in [4.78, 5) is 12.0. The van der Waals surface area contributed by atoms with Crippen molar-refractivity contribution in [1.29, 1.82) is 0 Å². The lowest BCUT2D eigenvalue weighted by Crippen LogP contribution is -2.08. The Bertz CT molecular complexity index is 775. The number of anilines is 1. The molecule has 0 aliphatic carbocycles. The van der Waals surface area contributed by atoms with Crippen molar-refractivity contribution in [3.05, 3.63) is 29.0 Å². The van der Waals surface area contributed by atoms with Crippen molar-refractivity contribution in [3.8, 4) is 17.2 Å². The number of hydrogen-bond donors (Lipinski definition) is 2. The van der Waals surface area contributed by atoms with Gasteiger partial charge in [0.1, 0.15) is 5.56 Å². The molecule has 2 aromatic rings. The summed E-state index contributed by atoms with van der Waals surface area (Å²) in [7, 11) is 4.61. The second-order valence-corrected chi connectivity index (χ2v) is 5.12. The minimum atomic E-state index is -0.468. The Morgan fingerprint density at radius 2 is 1.88 bits per heavy atom. The summed E-state index contributed by atoms with van der Waals surface area (Å²) in [6, 6.07) is 3.49. The molecule has 9 nitrogen and oxygen atoms in total. The number of methoxy groups -OCH3 is 3.